The highest BCUT2D eigenvalue weighted by atomic mass is 14.7. The maximum atomic E-state index is 4.73. The molecule has 0 atom stereocenters. The van der Waals surface area contributed by atoms with Crippen LogP contribution in [0, 0.1) is 0 Å². The molecule has 2 heterocycles. The molecule has 3 aromatic rings. The summed E-state index contributed by atoms with van der Waals surface area (Å²) in [6, 6.07) is 8.53. The molecule has 0 spiro atoms. The Morgan fingerprint density at radius 1 is 0.800 bits per heavy atom. The zero-order chi connectivity index (χ0) is 13.4. The Hall–Kier alpha value is -1.96. The van der Waals surface area contributed by atoms with Crippen LogP contribution < -0.4 is 0 Å². The summed E-state index contributed by atoms with van der Waals surface area (Å²) in [5.41, 5.74) is 5.08. The molecule has 1 aromatic carbocycles. The van der Waals surface area contributed by atoms with Crippen molar-refractivity contribution < 1.29 is 0 Å². The highest BCUT2D eigenvalue weighted by molar-refractivity contribution is 6.03. The summed E-state index contributed by atoms with van der Waals surface area (Å²) < 4.78 is 0. The van der Waals surface area contributed by atoms with E-state index in [-0.39, 0.29) is 0 Å². The number of pyridine rings is 2. The van der Waals surface area contributed by atoms with Crippen molar-refractivity contribution in [3.05, 3.63) is 47.8 Å². The van der Waals surface area contributed by atoms with Gasteiger partial charge in [-0.1, -0.05) is 31.0 Å². The average molecular weight is 262 g/mol. The largest absolute Gasteiger partial charge is 0.254 e. The summed E-state index contributed by atoms with van der Waals surface area (Å²) in [6.45, 7) is 0. The normalized spacial score (nSPS) is 15.8. The fourth-order valence-electron chi connectivity index (χ4n) is 3.38. The van der Waals surface area contributed by atoms with Crippen molar-refractivity contribution in [1.29, 1.82) is 0 Å². The Bertz CT molecular complexity index is 777. The molecule has 2 heteroatoms. The summed E-state index contributed by atoms with van der Waals surface area (Å²) in [6.07, 6.45) is 11.6. The lowest BCUT2D eigenvalue weighted by molar-refractivity contribution is 0.618. The molecule has 2 aromatic heterocycles. The van der Waals surface area contributed by atoms with E-state index in [2.05, 4.69) is 29.4 Å². The van der Waals surface area contributed by atoms with Crippen LogP contribution in [0.2, 0.25) is 0 Å². The molecule has 1 aliphatic rings. The number of benzene rings is 1. The lowest BCUT2D eigenvalue weighted by atomic mass is 9.91. The van der Waals surface area contributed by atoms with Crippen LogP contribution in [-0.4, -0.2) is 9.97 Å². The minimum atomic E-state index is 1.04. The number of aryl methyl sites for hydroxylation is 2. The van der Waals surface area contributed by atoms with E-state index in [0.29, 0.717) is 0 Å². The molecule has 0 N–H and O–H groups in total. The second-order valence-electron chi connectivity index (χ2n) is 5.71. The van der Waals surface area contributed by atoms with Gasteiger partial charge in [0.25, 0.3) is 0 Å². The van der Waals surface area contributed by atoms with Gasteiger partial charge in [0.1, 0.15) is 0 Å². The van der Waals surface area contributed by atoms with Crippen molar-refractivity contribution in [3.63, 3.8) is 0 Å². The number of fused-ring (bicyclic) bond motifs is 5. The third kappa shape index (κ3) is 1.87. The van der Waals surface area contributed by atoms with Gasteiger partial charge >= 0.3 is 0 Å². The van der Waals surface area contributed by atoms with Crippen LogP contribution in [0.5, 0.6) is 0 Å². The highest BCUT2D eigenvalue weighted by Crippen LogP contribution is 2.29. The molecule has 0 bridgehead atoms. The first-order chi connectivity index (χ1) is 9.93. The van der Waals surface area contributed by atoms with Crippen LogP contribution in [-0.2, 0) is 12.8 Å². The van der Waals surface area contributed by atoms with E-state index in [9.17, 15) is 0 Å². The van der Waals surface area contributed by atoms with E-state index >= 15 is 0 Å². The average Bonchev–Trinajstić information content (AvgIpc) is 2.47. The van der Waals surface area contributed by atoms with Gasteiger partial charge in [-0.15, -0.1) is 0 Å². The predicted octanol–water partition coefficient (Wildman–Crippen LogP) is 4.44. The second kappa shape index (κ2) is 4.86. The van der Waals surface area contributed by atoms with E-state index in [1.165, 1.54) is 60.4 Å². The zero-order valence-corrected chi connectivity index (χ0v) is 11.6. The van der Waals surface area contributed by atoms with Crippen LogP contribution >= 0.6 is 0 Å². The summed E-state index contributed by atoms with van der Waals surface area (Å²) in [4.78, 5) is 9.27. The third-order valence-electron chi connectivity index (χ3n) is 4.43. The van der Waals surface area contributed by atoms with Gasteiger partial charge in [0.05, 0.1) is 11.0 Å². The van der Waals surface area contributed by atoms with Crippen LogP contribution in [0.25, 0.3) is 21.8 Å². The molecule has 0 radical (unpaired) electrons. The highest BCUT2D eigenvalue weighted by Gasteiger charge is 2.13. The number of nitrogens with zero attached hydrogens (tertiary/aromatic N) is 2. The minimum absolute atomic E-state index is 1.04. The maximum absolute atomic E-state index is 4.73. The van der Waals surface area contributed by atoms with Crippen LogP contribution in [0.4, 0.5) is 0 Å². The molecular formula is C18H18N2. The predicted molar refractivity (Wildman–Crippen MR) is 82.9 cm³/mol. The van der Waals surface area contributed by atoms with Crippen molar-refractivity contribution in [2.75, 3.05) is 0 Å². The van der Waals surface area contributed by atoms with Crippen molar-refractivity contribution >= 4 is 21.8 Å². The molecule has 20 heavy (non-hydrogen) atoms. The number of hydrogen-bond donors (Lipinski definition) is 0. The van der Waals surface area contributed by atoms with E-state index in [1.54, 1.807) is 0 Å². The first kappa shape index (κ1) is 11.8. The van der Waals surface area contributed by atoms with Crippen molar-refractivity contribution in [1.82, 2.24) is 9.97 Å². The Morgan fingerprint density at radius 2 is 1.70 bits per heavy atom. The van der Waals surface area contributed by atoms with Gasteiger partial charge in [0.15, 0.2) is 0 Å². The van der Waals surface area contributed by atoms with E-state index in [0.717, 1.165) is 11.0 Å². The summed E-state index contributed by atoms with van der Waals surface area (Å²) in [5, 5.41) is 2.49. The Balaban J connectivity index is 2.03. The van der Waals surface area contributed by atoms with E-state index in [4.69, 9.17) is 4.98 Å². The van der Waals surface area contributed by atoms with Crippen LogP contribution in [0.15, 0.2) is 36.7 Å². The van der Waals surface area contributed by atoms with E-state index in [1.807, 2.05) is 12.3 Å². The number of rotatable bonds is 0. The molecule has 1 aliphatic carbocycles. The van der Waals surface area contributed by atoms with Gasteiger partial charge in [-0.25, -0.2) is 0 Å². The smallest absolute Gasteiger partial charge is 0.0967 e. The van der Waals surface area contributed by atoms with Crippen molar-refractivity contribution in [2.24, 2.45) is 0 Å². The first-order valence-corrected chi connectivity index (χ1v) is 7.58. The molecule has 0 aliphatic heterocycles. The minimum Gasteiger partial charge on any atom is -0.254 e. The topological polar surface area (TPSA) is 25.8 Å². The quantitative estimate of drug-likeness (QED) is 0.560. The molecule has 0 unspecified atom stereocenters. The fraction of sp³-hybridized carbons (Fsp3) is 0.333. The fourth-order valence-corrected chi connectivity index (χ4v) is 3.38. The zero-order valence-electron chi connectivity index (χ0n) is 11.6. The third-order valence-corrected chi connectivity index (χ3v) is 4.43. The van der Waals surface area contributed by atoms with Gasteiger partial charge in [-0.3, -0.25) is 9.97 Å². The summed E-state index contributed by atoms with van der Waals surface area (Å²) >= 11 is 0. The SMILES string of the molecule is c1cnc2c(c1)ccc1c3c(cnc12)CCCCCC3. The molecule has 0 saturated heterocycles. The standard InChI is InChI=1S/C18H18N2/c1-2-4-8-15-14(6-3-1)12-20-18-16(15)10-9-13-7-5-11-19-17(13)18/h5,7,9-12H,1-4,6,8H2. The second-order valence-corrected chi connectivity index (χ2v) is 5.71. The molecule has 0 amide bonds. The summed E-state index contributed by atoms with van der Waals surface area (Å²) in [7, 11) is 0. The lowest BCUT2D eigenvalue weighted by Gasteiger charge is -2.16. The monoisotopic (exact) mass is 262 g/mol. The van der Waals surface area contributed by atoms with Gasteiger partial charge in [-0.05, 0) is 42.9 Å². The Labute approximate surface area is 118 Å². The van der Waals surface area contributed by atoms with Crippen molar-refractivity contribution in [2.45, 2.75) is 38.5 Å². The van der Waals surface area contributed by atoms with Crippen molar-refractivity contribution in [3.8, 4) is 0 Å². The summed E-state index contributed by atoms with van der Waals surface area (Å²) in [5.74, 6) is 0. The molecular weight excluding hydrogens is 244 g/mol. The van der Waals surface area contributed by atoms with Gasteiger partial charge < -0.3 is 0 Å². The van der Waals surface area contributed by atoms with Gasteiger partial charge in [0.2, 0.25) is 0 Å². The first-order valence-electron chi connectivity index (χ1n) is 7.58. The molecule has 0 fully saturated rings. The van der Waals surface area contributed by atoms with Gasteiger partial charge in [-0.2, -0.15) is 0 Å². The maximum Gasteiger partial charge on any atom is 0.0967 e. The molecule has 2 nitrogen and oxygen atoms in total. The molecule has 4 rings (SSSR count). The van der Waals surface area contributed by atoms with E-state index < -0.39 is 0 Å². The van der Waals surface area contributed by atoms with Crippen LogP contribution in [0.3, 0.4) is 0 Å². The number of aromatic nitrogens is 2. The Morgan fingerprint density at radius 3 is 2.65 bits per heavy atom. The van der Waals surface area contributed by atoms with Gasteiger partial charge in [0, 0.05) is 23.2 Å². The Kier molecular flexibility index (Phi) is 2.87. The number of hydrogen-bond acceptors (Lipinski definition) is 2. The molecule has 100 valence electrons. The molecule has 0 saturated carbocycles. The van der Waals surface area contributed by atoms with Crippen LogP contribution in [0.1, 0.15) is 36.8 Å². The lowest BCUT2D eigenvalue weighted by Crippen LogP contribution is -2.02.